The zero-order valence-corrected chi connectivity index (χ0v) is 11.2. The van der Waals surface area contributed by atoms with Crippen molar-refractivity contribution in [2.75, 3.05) is 24.7 Å². The Hall–Kier alpha value is -0.230. The standard InChI is InChI=1S/C11H15BrO3S/c12-9-1-3-11(4-2-9)15-5-6-16-8-10(14)7-13/h1-4,10,13-14H,5-8H2. The van der Waals surface area contributed by atoms with E-state index < -0.39 is 6.10 Å². The Morgan fingerprint density at radius 2 is 2.00 bits per heavy atom. The van der Waals surface area contributed by atoms with E-state index in [0.717, 1.165) is 16.0 Å². The van der Waals surface area contributed by atoms with Gasteiger partial charge in [0.2, 0.25) is 0 Å². The van der Waals surface area contributed by atoms with Gasteiger partial charge in [0.05, 0.1) is 19.3 Å². The van der Waals surface area contributed by atoms with Crippen LogP contribution in [0.4, 0.5) is 0 Å². The van der Waals surface area contributed by atoms with Crippen LogP contribution in [0.5, 0.6) is 5.75 Å². The third kappa shape index (κ3) is 5.75. The molecule has 16 heavy (non-hydrogen) atoms. The van der Waals surface area contributed by atoms with Crippen molar-refractivity contribution in [3.8, 4) is 5.75 Å². The highest BCUT2D eigenvalue weighted by molar-refractivity contribution is 9.10. The van der Waals surface area contributed by atoms with Gasteiger partial charge in [-0.1, -0.05) is 15.9 Å². The summed E-state index contributed by atoms with van der Waals surface area (Å²) < 4.78 is 6.52. The second-order valence-electron chi connectivity index (χ2n) is 3.21. The van der Waals surface area contributed by atoms with Crippen molar-refractivity contribution < 1.29 is 14.9 Å². The van der Waals surface area contributed by atoms with Crippen LogP contribution in [0.2, 0.25) is 0 Å². The molecule has 1 atom stereocenters. The lowest BCUT2D eigenvalue weighted by Gasteiger charge is -2.08. The van der Waals surface area contributed by atoms with Gasteiger partial charge in [-0.2, -0.15) is 11.8 Å². The smallest absolute Gasteiger partial charge is 0.119 e. The molecule has 0 fully saturated rings. The molecule has 0 heterocycles. The summed E-state index contributed by atoms with van der Waals surface area (Å²) in [5.74, 6) is 2.18. The van der Waals surface area contributed by atoms with Crippen LogP contribution >= 0.6 is 27.7 Å². The third-order valence-electron chi connectivity index (χ3n) is 1.83. The van der Waals surface area contributed by atoms with Crippen molar-refractivity contribution in [2.45, 2.75) is 6.10 Å². The van der Waals surface area contributed by atoms with Crippen molar-refractivity contribution in [1.82, 2.24) is 0 Å². The number of aliphatic hydroxyl groups excluding tert-OH is 2. The first-order valence-electron chi connectivity index (χ1n) is 4.97. The monoisotopic (exact) mass is 306 g/mol. The average molecular weight is 307 g/mol. The van der Waals surface area contributed by atoms with Gasteiger partial charge < -0.3 is 14.9 Å². The van der Waals surface area contributed by atoms with E-state index in [2.05, 4.69) is 15.9 Å². The van der Waals surface area contributed by atoms with Gasteiger partial charge in [0.25, 0.3) is 0 Å². The largest absolute Gasteiger partial charge is 0.493 e. The lowest BCUT2D eigenvalue weighted by atomic mass is 10.3. The molecule has 0 bridgehead atoms. The summed E-state index contributed by atoms with van der Waals surface area (Å²) in [7, 11) is 0. The summed E-state index contributed by atoms with van der Waals surface area (Å²) in [5.41, 5.74) is 0. The molecule has 0 saturated heterocycles. The van der Waals surface area contributed by atoms with Crippen molar-refractivity contribution in [1.29, 1.82) is 0 Å². The minimum atomic E-state index is -0.627. The van der Waals surface area contributed by atoms with Crippen LogP contribution in [0.3, 0.4) is 0 Å². The second-order valence-corrected chi connectivity index (χ2v) is 5.28. The topological polar surface area (TPSA) is 49.7 Å². The minimum Gasteiger partial charge on any atom is -0.493 e. The molecule has 1 unspecified atom stereocenters. The van der Waals surface area contributed by atoms with E-state index in [1.54, 1.807) is 11.8 Å². The van der Waals surface area contributed by atoms with Gasteiger partial charge in [-0.05, 0) is 24.3 Å². The predicted molar refractivity (Wildman–Crippen MR) is 70.1 cm³/mol. The molecule has 0 amide bonds. The molecular weight excluding hydrogens is 292 g/mol. The van der Waals surface area contributed by atoms with Gasteiger partial charge in [-0.3, -0.25) is 0 Å². The van der Waals surface area contributed by atoms with E-state index in [0.29, 0.717) is 12.4 Å². The summed E-state index contributed by atoms with van der Waals surface area (Å²) in [6.45, 7) is 0.422. The van der Waals surface area contributed by atoms with Crippen molar-refractivity contribution in [3.05, 3.63) is 28.7 Å². The minimum absolute atomic E-state index is 0.180. The maximum Gasteiger partial charge on any atom is 0.119 e. The number of hydrogen-bond acceptors (Lipinski definition) is 4. The molecule has 0 aliphatic carbocycles. The third-order valence-corrected chi connectivity index (χ3v) is 3.44. The van der Waals surface area contributed by atoms with E-state index in [1.165, 1.54) is 0 Å². The first kappa shape index (κ1) is 13.8. The first-order valence-corrected chi connectivity index (χ1v) is 6.92. The molecule has 0 aliphatic rings. The van der Waals surface area contributed by atoms with Gasteiger partial charge in [0.15, 0.2) is 0 Å². The summed E-state index contributed by atoms with van der Waals surface area (Å²) in [5, 5.41) is 17.7. The maximum atomic E-state index is 9.09. The van der Waals surface area contributed by atoms with Gasteiger partial charge in [-0.15, -0.1) is 0 Å². The number of halogens is 1. The molecule has 0 spiro atoms. The molecular formula is C11H15BrO3S. The zero-order chi connectivity index (χ0) is 11.8. The fraction of sp³-hybridized carbons (Fsp3) is 0.455. The molecule has 0 aromatic heterocycles. The van der Waals surface area contributed by atoms with Gasteiger partial charge >= 0.3 is 0 Å². The summed E-state index contributed by atoms with van der Waals surface area (Å²) in [6, 6.07) is 7.66. The van der Waals surface area contributed by atoms with Crippen LogP contribution in [-0.2, 0) is 0 Å². The van der Waals surface area contributed by atoms with Crippen molar-refractivity contribution in [3.63, 3.8) is 0 Å². The number of aliphatic hydroxyl groups is 2. The molecule has 0 radical (unpaired) electrons. The van der Waals surface area contributed by atoms with Crippen LogP contribution in [0.15, 0.2) is 28.7 Å². The average Bonchev–Trinajstić information content (AvgIpc) is 2.31. The van der Waals surface area contributed by atoms with E-state index in [4.69, 9.17) is 14.9 Å². The van der Waals surface area contributed by atoms with Crippen LogP contribution < -0.4 is 4.74 Å². The molecule has 1 aromatic carbocycles. The van der Waals surface area contributed by atoms with E-state index >= 15 is 0 Å². The summed E-state index contributed by atoms with van der Waals surface area (Å²) >= 11 is 4.92. The highest BCUT2D eigenvalue weighted by Crippen LogP contribution is 2.16. The van der Waals surface area contributed by atoms with Crippen LogP contribution in [-0.4, -0.2) is 41.0 Å². The quantitative estimate of drug-likeness (QED) is 0.756. The predicted octanol–water partition coefficient (Wildman–Crippen LogP) is 1.91. The highest BCUT2D eigenvalue weighted by atomic mass is 79.9. The SMILES string of the molecule is OCC(O)CSCCOc1ccc(Br)cc1. The Labute approximate surface area is 108 Å². The Balaban J connectivity index is 2.09. The molecule has 0 saturated carbocycles. The lowest BCUT2D eigenvalue weighted by Crippen LogP contribution is -2.15. The zero-order valence-electron chi connectivity index (χ0n) is 8.80. The fourth-order valence-electron chi connectivity index (χ4n) is 1.02. The number of rotatable bonds is 7. The fourth-order valence-corrected chi connectivity index (χ4v) is 2.03. The Bertz CT molecular complexity index is 292. The molecule has 90 valence electrons. The summed E-state index contributed by atoms with van der Waals surface area (Å²) in [6.07, 6.45) is -0.627. The molecule has 3 nitrogen and oxygen atoms in total. The van der Waals surface area contributed by atoms with E-state index in [-0.39, 0.29) is 6.61 Å². The Morgan fingerprint density at radius 1 is 1.31 bits per heavy atom. The maximum absolute atomic E-state index is 9.09. The molecule has 0 aliphatic heterocycles. The van der Waals surface area contributed by atoms with Crippen LogP contribution in [0.1, 0.15) is 0 Å². The van der Waals surface area contributed by atoms with Crippen molar-refractivity contribution >= 4 is 27.7 Å². The first-order chi connectivity index (χ1) is 7.72. The highest BCUT2D eigenvalue weighted by Gasteiger charge is 2.01. The van der Waals surface area contributed by atoms with Crippen molar-refractivity contribution in [2.24, 2.45) is 0 Å². The molecule has 1 aromatic rings. The van der Waals surface area contributed by atoms with Crippen LogP contribution in [0, 0.1) is 0 Å². The van der Waals surface area contributed by atoms with Gasteiger partial charge in [-0.25, -0.2) is 0 Å². The van der Waals surface area contributed by atoms with Gasteiger partial charge in [0.1, 0.15) is 5.75 Å². The second kappa shape index (κ2) is 7.95. The number of benzene rings is 1. The van der Waals surface area contributed by atoms with E-state index in [9.17, 15) is 0 Å². The van der Waals surface area contributed by atoms with Gasteiger partial charge in [0, 0.05) is 16.0 Å². The molecule has 1 rings (SSSR count). The normalized spacial score (nSPS) is 12.4. The Kier molecular flexibility index (Phi) is 6.87. The molecule has 2 N–H and O–H groups in total. The summed E-state index contributed by atoms with van der Waals surface area (Å²) in [4.78, 5) is 0. The number of thioether (sulfide) groups is 1. The lowest BCUT2D eigenvalue weighted by molar-refractivity contribution is 0.113. The van der Waals surface area contributed by atoms with E-state index in [1.807, 2.05) is 24.3 Å². The molecule has 5 heteroatoms. The van der Waals surface area contributed by atoms with Crippen LogP contribution in [0.25, 0.3) is 0 Å². The Morgan fingerprint density at radius 3 is 2.62 bits per heavy atom. The number of hydrogen-bond donors (Lipinski definition) is 2. The number of ether oxygens (including phenoxy) is 1.